The molecule has 3 nitrogen and oxygen atoms in total. The van der Waals surface area contributed by atoms with Gasteiger partial charge in [-0.3, -0.25) is 0 Å². The number of thioether (sulfide) groups is 1. The fourth-order valence-electron chi connectivity index (χ4n) is 2.41. The Morgan fingerprint density at radius 2 is 2.16 bits per heavy atom. The maximum atomic E-state index is 11.6. The number of nitrogens with two attached hydrogens (primary N) is 1. The average molecular weight is 279 g/mol. The predicted molar refractivity (Wildman–Crippen MR) is 79.5 cm³/mol. The first kappa shape index (κ1) is 14.3. The third-order valence-electron chi connectivity index (χ3n) is 3.47. The molecule has 0 unspecified atom stereocenters. The lowest BCUT2D eigenvalue weighted by Crippen LogP contribution is -2.05. The Bertz CT molecular complexity index is 442. The van der Waals surface area contributed by atoms with Gasteiger partial charge in [0.1, 0.15) is 0 Å². The van der Waals surface area contributed by atoms with Crippen molar-refractivity contribution in [3.63, 3.8) is 0 Å². The van der Waals surface area contributed by atoms with E-state index in [1.807, 2.05) is 6.07 Å². The van der Waals surface area contributed by atoms with E-state index in [1.54, 1.807) is 30.8 Å². The molecule has 0 aliphatic heterocycles. The maximum absolute atomic E-state index is 11.6. The first-order valence-electron chi connectivity index (χ1n) is 6.90. The number of esters is 1. The van der Waals surface area contributed by atoms with Crippen molar-refractivity contribution in [1.29, 1.82) is 0 Å². The van der Waals surface area contributed by atoms with Crippen LogP contribution in [0.2, 0.25) is 0 Å². The molecule has 1 aliphatic carbocycles. The number of nitrogen functional groups attached to an aromatic ring is 1. The Morgan fingerprint density at radius 3 is 2.79 bits per heavy atom. The summed E-state index contributed by atoms with van der Waals surface area (Å²) in [5.74, 6) is 1.65. The van der Waals surface area contributed by atoms with E-state index in [1.165, 1.54) is 25.7 Å². The van der Waals surface area contributed by atoms with E-state index in [0.29, 0.717) is 17.9 Å². The van der Waals surface area contributed by atoms with Crippen LogP contribution < -0.4 is 5.73 Å². The van der Waals surface area contributed by atoms with Gasteiger partial charge in [-0.1, -0.05) is 12.8 Å². The summed E-state index contributed by atoms with van der Waals surface area (Å²) in [6.07, 6.45) is 5.41. The SMILES string of the molecule is CCOC(=O)c1ccc(SCC2CCCC2)c(N)c1. The average Bonchev–Trinajstić information content (AvgIpc) is 2.90. The molecular formula is C15H21NO2S. The van der Waals surface area contributed by atoms with Gasteiger partial charge in [0.25, 0.3) is 0 Å². The van der Waals surface area contributed by atoms with Crippen LogP contribution in [0.15, 0.2) is 23.1 Å². The normalized spacial score (nSPS) is 15.6. The number of ether oxygens (including phenoxy) is 1. The summed E-state index contributed by atoms with van der Waals surface area (Å²) in [7, 11) is 0. The van der Waals surface area contributed by atoms with Crippen LogP contribution in [-0.4, -0.2) is 18.3 Å². The molecule has 1 saturated carbocycles. The van der Waals surface area contributed by atoms with Crippen molar-refractivity contribution < 1.29 is 9.53 Å². The molecule has 0 radical (unpaired) electrons. The Labute approximate surface area is 118 Å². The molecule has 2 N–H and O–H groups in total. The van der Waals surface area contributed by atoms with Gasteiger partial charge in [0.15, 0.2) is 0 Å². The first-order valence-corrected chi connectivity index (χ1v) is 7.88. The van der Waals surface area contributed by atoms with Crippen LogP contribution in [-0.2, 0) is 4.74 Å². The second kappa shape index (κ2) is 6.85. The Morgan fingerprint density at radius 1 is 1.42 bits per heavy atom. The molecule has 0 atom stereocenters. The van der Waals surface area contributed by atoms with Gasteiger partial charge in [0.05, 0.1) is 12.2 Å². The van der Waals surface area contributed by atoms with Crippen molar-refractivity contribution in [2.24, 2.45) is 5.92 Å². The molecule has 0 bridgehead atoms. The van der Waals surface area contributed by atoms with Crippen LogP contribution in [0.5, 0.6) is 0 Å². The quantitative estimate of drug-likeness (QED) is 0.507. The van der Waals surface area contributed by atoms with Gasteiger partial charge in [-0.2, -0.15) is 0 Å². The van der Waals surface area contributed by atoms with E-state index in [2.05, 4.69) is 0 Å². The summed E-state index contributed by atoms with van der Waals surface area (Å²) in [4.78, 5) is 12.7. The predicted octanol–water partition coefficient (Wildman–Crippen LogP) is 3.73. The zero-order valence-corrected chi connectivity index (χ0v) is 12.2. The molecular weight excluding hydrogens is 258 g/mol. The fraction of sp³-hybridized carbons (Fsp3) is 0.533. The molecule has 19 heavy (non-hydrogen) atoms. The van der Waals surface area contributed by atoms with E-state index in [-0.39, 0.29) is 5.97 Å². The van der Waals surface area contributed by atoms with E-state index in [4.69, 9.17) is 10.5 Å². The number of hydrogen-bond donors (Lipinski definition) is 1. The lowest BCUT2D eigenvalue weighted by Gasteiger charge is -2.11. The number of carbonyl (C=O) groups excluding carboxylic acids is 1. The lowest BCUT2D eigenvalue weighted by atomic mass is 10.1. The zero-order chi connectivity index (χ0) is 13.7. The van der Waals surface area contributed by atoms with E-state index < -0.39 is 0 Å². The molecule has 1 aromatic carbocycles. The molecule has 1 aromatic rings. The van der Waals surface area contributed by atoms with Gasteiger partial charge < -0.3 is 10.5 Å². The van der Waals surface area contributed by atoms with Gasteiger partial charge in [-0.25, -0.2) is 4.79 Å². The van der Waals surface area contributed by atoms with Gasteiger partial charge in [0.2, 0.25) is 0 Å². The van der Waals surface area contributed by atoms with Crippen LogP contribution in [0, 0.1) is 5.92 Å². The second-order valence-corrected chi connectivity index (χ2v) is 6.00. The molecule has 0 aromatic heterocycles. The standard InChI is InChI=1S/C15H21NO2S/c1-2-18-15(17)12-7-8-14(13(16)9-12)19-10-11-5-3-4-6-11/h7-9,11H,2-6,10,16H2,1H3. The van der Waals surface area contributed by atoms with E-state index >= 15 is 0 Å². The summed E-state index contributed by atoms with van der Waals surface area (Å²) in [6.45, 7) is 2.18. The largest absolute Gasteiger partial charge is 0.462 e. The van der Waals surface area contributed by atoms with Gasteiger partial charge in [0, 0.05) is 16.3 Å². The number of rotatable bonds is 5. The van der Waals surface area contributed by atoms with Crippen LogP contribution >= 0.6 is 11.8 Å². The highest BCUT2D eigenvalue weighted by Crippen LogP contribution is 2.33. The Hall–Kier alpha value is -1.16. The van der Waals surface area contributed by atoms with Crippen molar-refractivity contribution >= 4 is 23.4 Å². The molecule has 1 aliphatic rings. The van der Waals surface area contributed by atoms with Crippen molar-refractivity contribution in [3.8, 4) is 0 Å². The first-order chi connectivity index (χ1) is 9.20. The van der Waals surface area contributed by atoms with E-state index in [0.717, 1.165) is 16.6 Å². The van der Waals surface area contributed by atoms with Crippen LogP contribution in [0.4, 0.5) is 5.69 Å². The lowest BCUT2D eigenvalue weighted by molar-refractivity contribution is 0.0526. The molecule has 1 fully saturated rings. The highest BCUT2D eigenvalue weighted by molar-refractivity contribution is 7.99. The summed E-state index contributed by atoms with van der Waals surface area (Å²) in [6, 6.07) is 5.45. The summed E-state index contributed by atoms with van der Waals surface area (Å²) < 4.78 is 4.96. The van der Waals surface area contributed by atoms with Crippen LogP contribution in [0.1, 0.15) is 43.0 Å². The molecule has 2 rings (SSSR count). The molecule has 4 heteroatoms. The zero-order valence-electron chi connectivity index (χ0n) is 11.4. The molecule has 0 saturated heterocycles. The maximum Gasteiger partial charge on any atom is 0.338 e. The fourth-order valence-corrected chi connectivity index (χ4v) is 3.54. The summed E-state index contributed by atoms with van der Waals surface area (Å²) in [5.41, 5.74) is 7.22. The molecule has 0 amide bonds. The number of hydrogen-bond acceptors (Lipinski definition) is 4. The van der Waals surface area contributed by atoms with Gasteiger partial charge in [-0.05, 0) is 43.9 Å². The van der Waals surface area contributed by atoms with Crippen molar-refractivity contribution in [2.75, 3.05) is 18.1 Å². The summed E-state index contributed by atoms with van der Waals surface area (Å²) in [5, 5.41) is 0. The van der Waals surface area contributed by atoms with Gasteiger partial charge >= 0.3 is 5.97 Å². The highest BCUT2D eigenvalue weighted by atomic mass is 32.2. The molecule has 104 valence electrons. The molecule has 0 heterocycles. The number of carbonyl (C=O) groups is 1. The number of anilines is 1. The van der Waals surface area contributed by atoms with Crippen molar-refractivity contribution in [1.82, 2.24) is 0 Å². The minimum atomic E-state index is -0.304. The van der Waals surface area contributed by atoms with Crippen molar-refractivity contribution in [2.45, 2.75) is 37.5 Å². The topological polar surface area (TPSA) is 52.3 Å². The highest BCUT2D eigenvalue weighted by Gasteiger charge is 2.16. The minimum absolute atomic E-state index is 0.304. The van der Waals surface area contributed by atoms with Crippen molar-refractivity contribution in [3.05, 3.63) is 23.8 Å². The van der Waals surface area contributed by atoms with Gasteiger partial charge in [-0.15, -0.1) is 11.8 Å². The third kappa shape index (κ3) is 3.90. The van der Waals surface area contributed by atoms with Crippen LogP contribution in [0.25, 0.3) is 0 Å². The smallest absolute Gasteiger partial charge is 0.338 e. The minimum Gasteiger partial charge on any atom is -0.462 e. The summed E-state index contributed by atoms with van der Waals surface area (Å²) >= 11 is 1.80. The third-order valence-corrected chi connectivity index (χ3v) is 4.79. The second-order valence-electron chi connectivity index (χ2n) is 4.93. The monoisotopic (exact) mass is 279 g/mol. The van der Waals surface area contributed by atoms with E-state index in [9.17, 15) is 4.79 Å². The number of benzene rings is 1. The Kier molecular flexibility index (Phi) is 5.14. The van der Waals surface area contributed by atoms with Crippen LogP contribution in [0.3, 0.4) is 0 Å². The Balaban J connectivity index is 1.96. The molecule has 0 spiro atoms.